The highest BCUT2D eigenvalue weighted by Crippen LogP contribution is 2.08. The smallest absolute Gasteiger partial charge is 0.312 e. The van der Waals surface area contributed by atoms with E-state index >= 15 is 0 Å². The number of hydrogen-bond donors (Lipinski definition) is 1. The molecule has 4 nitrogen and oxygen atoms in total. The fourth-order valence-electron chi connectivity index (χ4n) is 1.62. The van der Waals surface area contributed by atoms with Gasteiger partial charge in [0.2, 0.25) is 0 Å². The van der Waals surface area contributed by atoms with E-state index in [-0.39, 0.29) is 11.8 Å². The average molecular weight is 230 g/mol. The third-order valence-electron chi connectivity index (χ3n) is 2.62. The van der Waals surface area contributed by atoms with Gasteiger partial charge < -0.3 is 9.80 Å². The lowest BCUT2D eigenvalue weighted by Crippen LogP contribution is -2.55. The van der Waals surface area contributed by atoms with Gasteiger partial charge in [-0.25, -0.2) is 0 Å². The highest BCUT2D eigenvalue weighted by atomic mass is 32.1. The van der Waals surface area contributed by atoms with Crippen molar-refractivity contribution in [1.29, 1.82) is 0 Å². The van der Waals surface area contributed by atoms with Crippen LogP contribution in [0.15, 0.2) is 0 Å². The van der Waals surface area contributed by atoms with Crippen molar-refractivity contribution in [2.75, 3.05) is 31.9 Å². The summed E-state index contributed by atoms with van der Waals surface area (Å²) in [5.74, 6) is 0.334. The number of thiol groups is 1. The van der Waals surface area contributed by atoms with Gasteiger partial charge in [-0.15, -0.1) is 0 Å². The topological polar surface area (TPSA) is 40.6 Å². The third-order valence-corrected chi connectivity index (χ3v) is 3.25. The Balaban J connectivity index is 2.57. The number of carbonyl (C=O) groups excluding carboxylic acids is 2. The lowest BCUT2D eigenvalue weighted by Gasteiger charge is -2.34. The monoisotopic (exact) mass is 230 g/mol. The van der Waals surface area contributed by atoms with Crippen LogP contribution in [0.25, 0.3) is 0 Å². The standard InChI is InChI=1S/C10H18N2O2S/c1-3-11-4-5-12(6-8(2)7-15)10(14)9(11)13/h8,15H,3-7H2,1-2H3. The van der Waals surface area contributed by atoms with E-state index in [1.54, 1.807) is 9.80 Å². The van der Waals surface area contributed by atoms with E-state index in [1.165, 1.54) is 0 Å². The molecule has 1 aliphatic rings. The van der Waals surface area contributed by atoms with Crippen LogP contribution in [-0.4, -0.2) is 53.5 Å². The Morgan fingerprint density at radius 2 is 1.80 bits per heavy atom. The van der Waals surface area contributed by atoms with Gasteiger partial charge in [-0.05, 0) is 18.6 Å². The molecule has 1 rings (SSSR count). The third kappa shape index (κ3) is 2.87. The number of carbonyl (C=O) groups is 2. The molecule has 0 N–H and O–H groups in total. The molecular formula is C10H18N2O2S. The molecule has 1 unspecified atom stereocenters. The molecule has 0 aromatic rings. The summed E-state index contributed by atoms with van der Waals surface area (Å²) in [6, 6.07) is 0. The maximum Gasteiger partial charge on any atom is 0.312 e. The molecule has 0 bridgehead atoms. The van der Waals surface area contributed by atoms with Crippen molar-refractivity contribution in [3.8, 4) is 0 Å². The zero-order chi connectivity index (χ0) is 11.4. The highest BCUT2D eigenvalue weighted by Gasteiger charge is 2.31. The quantitative estimate of drug-likeness (QED) is 0.555. The van der Waals surface area contributed by atoms with Gasteiger partial charge in [0.05, 0.1) is 0 Å². The SMILES string of the molecule is CCN1CCN(CC(C)CS)C(=O)C1=O. The number of amides is 2. The number of likely N-dealkylation sites (N-methyl/N-ethyl adjacent to an activating group) is 1. The Hall–Kier alpha value is -0.710. The van der Waals surface area contributed by atoms with Gasteiger partial charge in [-0.1, -0.05) is 6.92 Å². The molecule has 1 aliphatic heterocycles. The first-order valence-electron chi connectivity index (χ1n) is 5.29. The van der Waals surface area contributed by atoms with Gasteiger partial charge >= 0.3 is 11.8 Å². The van der Waals surface area contributed by atoms with Gasteiger partial charge in [-0.2, -0.15) is 12.6 Å². The molecule has 5 heteroatoms. The van der Waals surface area contributed by atoms with Gasteiger partial charge in [0.1, 0.15) is 0 Å². The van der Waals surface area contributed by atoms with Crippen molar-refractivity contribution >= 4 is 24.4 Å². The lowest BCUT2D eigenvalue weighted by atomic mass is 10.2. The molecule has 0 radical (unpaired) electrons. The molecule has 0 aromatic heterocycles. The molecule has 1 atom stereocenters. The maximum absolute atomic E-state index is 11.7. The second kappa shape index (κ2) is 5.39. The van der Waals surface area contributed by atoms with E-state index in [0.717, 1.165) is 5.75 Å². The molecular weight excluding hydrogens is 212 g/mol. The summed E-state index contributed by atoms with van der Waals surface area (Å²) in [7, 11) is 0. The van der Waals surface area contributed by atoms with Gasteiger partial charge in [0, 0.05) is 26.2 Å². The summed E-state index contributed by atoms with van der Waals surface area (Å²) in [6.45, 7) is 6.46. The van der Waals surface area contributed by atoms with Crippen LogP contribution in [0.1, 0.15) is 13.8 Å². The van der Waals surface area contributed by atoms with Crippen LogP contribution in [0.2, 0.25) is 0 Å². The molecule has 2 amide bonds. The van der Waals surface area contributed by atoms with Crippen molar-refractivity contribution < 1.29 is 9.59 Å². The molecule has 15 heavy (non-hydrogen) atoms. The summed E-state index contributed by atoms with van der Waals surface area (Å²) < 4.78 is 0. The minimum absolute atomic E-state index is 0.332. The number of nitrogens with zero attached hydrogens (tertiary/aromatic N) is 2. The van der Waals surface area contributed by atoms with Gasteiger partial charge in [0.15, 0.2) is 0 Å². The molecule has 0 saturated carbocycles. The summed E-state index contributed by atoms with van der Waals surface area (Å²) in [4.78, 5) is 26.4. The van der Waals surface area contributed by atoms with E-state index in [9.17, 15) is 9.59 Å². The maximum atomic E-state index is 11.7. The van der Waals surface area contributed by atoms with Gasteiger partial charge in [-0.3, -0.25) is 9.59 Å². The van der Waals surface area contributed by atoms with Gasteiger partial charge in [0.25, 0.3) is 0 Å². The first-order valence-corrected chi connectivity index (χ1v) is 5.92. The molecule has 0 aromatic carbocycles. The minimum Gasteiger partial charge on any atom is -0.333 e. The fraction of sp³-hybridized carbons (Fsp3) is 0.800. The molecule has 1 heterocycles. The van der Waals surface area contributed by atoms with Crippen molar-refractivity contribution in [3.05, 3.63) is 0 Å². The number of hydrogen-bond acceptors (Lipinski definition) is 3. The zero-order valence-corrected chi connectivity index (χ0v) is 10.2. The Morgan fingerprint density at radius 1 is 1.27 bits per heavy atom. The van der Waals surface area contributed by atoms with Crippen molar-refractivity contribution in [3.63, 3.8) is 0 Å². The first-order chi connectivity index (χ1) is 7.10. The van der Waals surface area contributed by atoms with E-state index in [1.807, 2.05) is 13.8 Å². The van der Waals surface area contributed by atoms with Crippen molar-refractivity contribution in [2.45, 2.75) is 13.8 Å². The second-order valence-electron chi connectivity index (χ2n) is 3.92. The highest BCUT2D eigenvalue weighted by molar-refractivity contribution is 7.80. The summed E-state index contributed by atoms with van der Waals surface area (Å²) >= 11 is 4.17. The Kier molecular flexibility index (Phi) is 4.45. The molecule has 1 fully saturated rings. The second-order valence-corrected chi connectivity index (χ2v) is 4.29. The molecule has 1 saturated heterocycles. The molecule has 86 valence electrons. The van der Waals surface area contributed by atoms with Crippen LogP contribution in [0.5, 0.6) is 0 Å². The molecule has 0 aliphatic carbocycles. The van der Waals surface area contributed by atoms with E-state index in [4.69, 9.17) is 0 Å². The molecule has 0 spiro atoms. The van der Waals surface area contributed by atoms with Crippen molar-refractivity contribution in [1.82, 2.24) is 9.80 Å². The van der Waals surface area contributed by atoms with Crippen LogP contribution in [0.3, 0.4) is 0 Å². The predicted molar refractivity (Wildman–Crippen MR) is 61.9 cm³/mol. The van der Waals surface area contributed by atoms with E-state index in [0.29, 0.717) is 32.1 Å². The van der Waals surface area contributed by atoms with E-state index < -0.39 is 0 Å². The Labute approximate surface area is 96.0 Å². The Morgan fingerprint density at radius 3 is 2.33 bits per heavy atom. The predicted octanol–water partition coefficient (Wildman–Crippen LogP) is 0.243. The van der Waals surface area contributed by atoms with Crippen LogP contribution < -0.4 is 0 Å². The summed E-state index contributed by atoms with van der Waals surface area (Å²) in [5.41, 5.74) is 0. The Bertz CT molecular complexity index is 258. The first kappa shape index (κ1) is 12.4. The van der Waals surface area contributed by atoms with E-state index in [2.05, 4.69) is 12.6 Å². The lowest BCUT2D eigenvalue weighted by molar-refractivity contribution is -0.156. The van der Waals surface area contributed by atoms with Crippen LogP contribution in [-0.2, 0) is 9.59 Å². The summed E-state index contributed by atoms with van der Waals surface area (Å²) in [6.07, 6.45) is 0. The fourth-order valence-corrected chi connectivity index (χ4v) is 1.74. The van der Waals surface area contributed by atoms with Crippen LogP contribution in [0.4, 0.5) is 0 Å². The normalized spacial score (nSPS) is 19.7. The summed E-state index contributed by atoms with van der Waals surface area (Å²) in [5, 5.41) is 0. The number of rotatable bonds is 4. The van der Waals surface area contributed by atoms with Crippen molar-refractivity contribution in [2.24, 2.45) is 5.92 Å². The average Bonchev–Trinajstić information content (AvgIpc) is 2.25. The number of piperazine rings is 1. The largest absolute Gasteiger partial charge is 0.333 e. The minimum atomic E-state index is -0.366. The van der Waals surface area contributed by atoms with Crippen LogP contribution in [0, 0.1) is 5.92 Å². The van der Waals surface area contributed by atoms with Crippen LogP contribution >= 0.6 is 12.6 Å². The zero-order valence-electron chi connectivity index (χ0n) is 9.27.